The Labute approximate surface area is 132 Å². The van der Waals surface area contributed by atoms with Crippen LogP contribution < -0.4 is 15.2 Å². The molecule has 3 nitrogen and oxygen atoms in total. The van der Waals surface area contributed by atoms with Gasteiger partial charge >= 0.3 is 0 Å². The van der Waals surface area contributed by atoms with E-state index in [0.29, 0.717) is 17.9 Å². The van der Waals surface area contributed by atoms with Gasteiger partial charge in [-0.15, -0.1) is 0 Å². The minimum Gasteiger partial charge on any atom is -0.493 e. The van der Waals surface area contributed by atoms with Crippen LogP contribution in [0, 0.1) is 5.82 Å². The number of nitrogens with two attached hydrogens (primary N) is 1. The van der Waals surface area contributed by atoms with Gasteiger partial charge in [0.1, 0.15) is 5.82 Å². The van der Waals surface area contributed by atoms with Crippen molar-refractivity contribution in [2.75, 3.05) is 14.2 Å². The third-order valence-electron chi connectivity index (χ3n) is 3.25. The van der Waals surface area contributed by atoms with Gasteiger partial charge in [0, 0.05) is 10.5 Å². The summed E-state index contributed by atoms with van der Waals surface area (Å²) < 4.78 is 24.6. The summed E-state index contributed by atoms with van der Waals surface area (Å²) in [6, 6.07) is 9.84. The number of ether oxygens (including phenoxy) is 2. The number of halogens is 2. The first kappa shape index (κ1) is 15.8. The van der Waals surface area contributed by atoms with Crippen molar-refractivity contribution in [3.05, 3.63) is 57.8 Å². The number of hydrogen-bond acceptors (Lipinski definition) is 3. The molecular weight excluding hydrogens is 337 g/mol. The Hall–Kier alpha value is -1.59. The van der Waals surface area contributed by atoms with Crippen molar-refractivity contribution in [1.82, 2.24) is 0 Å². The summed E-state index contributed by atoms with van der Waals surface area (Å²) in [4.78, 5) is 0. The maximum Gasteiger partial charge on any atom is 0.161 e. The fourth-order valence-electron chi connectivity index (χ4n) is 2.18. The monoisotopic (exact) mass is 353 g/mol. The van der Waals surface area contributed by atoms with Crippen LogP contribution in [0.5, 0.6) is 11.5 Å². The van der Waals surface area contributed by atoms with E-state index >= 15 is 0 Å². The zero-order valence-electron chi connectivity index (χ0n) is 11.9. The summed E-state index contributed by atoms with van der Waals surface area (Å²) in [5.41, 5.74) is 7.98. The molecule has 0 bridgehead atoms. The van der Waals surface area contributed by atoms with Gasteiger partial charge in [0.15, 0.2) is 11.5 Å². The molecule has 0 saturated heterocycles. The maximum atomic E-state index is 13.2. The van der Waals surface area contributed by atoms with Gasteiger partial charge in [-0.25, -0.2) is 4.39 Å². The predicted molar refractivity (Wildman–Crippen MR) is 84.3 cm³/mol. The van der Waals surface area contributed by atoms with Crippen LogP contribution in [-0.4, -0.2) is 14.2 Å². The zero-order chi connectivity index (χ0) is 15.4. The summed E-state index contributed by atoms with van der Waals surface area (Å²) in [5, 5.41) is 0. The van der Waals surface area contributed by atoms with Gasteiger partial charge in [0.2, 0.25) is 0 Å². The Balaban J connectivity index is 2.28. The molecule has 112 valence electrons. The van der Waals surface area contributed by atoms with Gasteiger partial charge in [-0.05, 0) is 41.8 Å². The van der Waals surface area contributed by atoms with Crippen LogP contribution >= 0.6 is 15.9 Å². The van der Waals surface area contributed by atoms with E-state index in [2.05, 4.69) is 15.9 Å². The highest BCUT2D eigenvalue weighted by molar-refractivity contribution is 9.10. The van der Waals surface area contributed by atoms with Gasteiger partial charge in [-0.1, -0.05) is 28.1 Å². The zero-order valence-corrected chi connectivity index (χ0v) is 13.5. The van der Waals surface area contributed by atoms with Crippen LogP contribution in [0.3, 0.4) is 0 Å². The summed E-state index contributed by atoms with van der Waals surface area (Å²) >= 11 is 3.49. The van der Waals surface area contributed by atoms with Gasteiger partial charge in [-0.3, -0.25) is 0 Å². The molecular formula is C16H17BrFNO2. The van der Waals surface area contributed by atoms with Crippen LogP contribution in [-0.2, 0) is 6.42 Å². The van der Waals surface area contributed by atoms with Crippen molar-refractivity contribution in [3.63, 3.8) is 0 Å². The third kappa shape index (κ3) is 3.74. The first-order valence-corrected chi connectivity index (χ1v) is 7.26. The summed E-state index contributed by atoms with van der Waals surface area (Å²) in [6.45, 7) is 0. The quantitative estimate of drug-likeness (QED) is 0.887. The van der Waals surface area contributed by atoms with Crippen molar-refractivity contribution in [2.24, 2.45) is 5.73 Å². The fraction of sp³-hybridized carbons (Fsp3) is 0.250. The van der Waals surface area contributed by atoms with E-state index in [1.165, 1.54) is 12.1 Å². The van der Waals surface area contributed by atoms with Gasteiger partial charge in [0.25, 0.3) is 0 Å². The molecule has 0 amide bonds. The molecule has 0 fully saturated rings. The molecule has 0 heterocycles. The minimum atomic E-state index is -0.277. The lowest BCUT2D eigenvalue weighted by molar-refractivity contribution is 0.354. The molecule has 0 spiro atoms. The molecule has 1 atom stereocenters. The van der Waals surface area contributed by atoms with E-state index < -0.39 is 0 Å². The number of benzene rings is 2. The second-order valence-electron chi connectivity index (χ2n) is 4.67. The lowest BCUT2D eigenvalue weighted by Gasteiger charge is -2.17. The van der Waals surface area contributed by atoms with Crippen molar-refractivity contribution in [2.45, 2.75) is 12.5 Å². The van der Waals surface area contributed by atoms with Crippen molar-refractivity contribution in [3.8, 4) is 11.5 Å². The van der Waals surface area contributed by atoms with E-state index in [9.17, 15) is 4.39 Å². The first-order valence-electron chi connectivity index (χ1n) is 6.46. The van der Waals surface area contributed by atoms with E-state index in [1.54, 1.807) is 20.3 Å². The van der Waals surface area contributed by atoms with Crippen LogP contribution in [0.1, 0.15) is 17.2 Å². The Morgan fingerprint density at radius 3 is 2.43 bits per heavy atom. The van der Waals surface area contributed by atoms with Gasteiger partial charge in [0.05, 0.1) is 14.2 Å². The molecule has 0 saturated carbocycles. The number of rotatable bonds is 5. The lowest BCUT2D eigenvalue weighted by Crippen LogP contribution is -2.14. The topological polar surface area (TPSA) is 44.5 Å². The molecule has 0 aliphatic heterocycles. The van der Waals surface area contributed by atoms with Crippen molar-refractivity contribution < 1.29 is 13.9 Å². The highest BCUT2D eigenvalue weighted by Crippen LogP contribution is 2.36. The Morgan fingerprint density at radius 2 is 1.81 bits per heavy atom. The molecule has 5 heteroatoms. The van der Waals surface area contributed by atoms with Gasteiger partial charge in [-0.2, -0.15) is 0 Å². The third-order valence-corrected chi connectivity index (χ3v) is 3.93. The average Bonchev–Trinajstić information content (AvgIpc) is 2.46. The fourth-order valence-corrected chi connectivity index (χ4v) is 2.80. The number of hydrogen-bond donors (Lipinski definition) is 1. The smallest absolute Gasteiger partial charge is 0.161 e. The van der Waals surface area contributed by atoms with E-state index in [0.717, 1.165) is 15.6 Å². The molecule has 2 aromatic rings. The lowest BCUT2D eigenvalue weighted by atomic mass is 9.99. The first-order chi connectivity index (χ1) is 10.0. The molecule has 0 radical (unpaired) electrons. The molecule has 0 aliphatic carbocycles. The molecule has 0 aromatic heterocycles. The average molecular weight is 354 g/mol. The second-order valence-corrected chi connectivity index (χ2v) is 5.52. The second kappa shape index (κ2) is 6.91. The Morgan fingerprint density at radius 1 is 1.14 bits per heavy atom. The largest absolute Gasteiger partial charge is 0.493 e. The molecule has 1 unspecified atom stereocenters. The molecule has 0 aliphatic rings. The minimum absolute atomic E-state index is 0.258. The van der Waals surface area contributed by atoms with Crippen LogP contribution in [0.2, 0.25) is 0 Å². The molecule has 2 aromatic carbocycles. The van der Waals surface area contributed by atoms with Crippen LogP contribution in [0.25, 0.3) is 0 Å². The van der Waals surface area contributed by atoms with Gasteiger partial charge < -0.3 is 15.2 Å². The molecule has 2 N–H and O–H groups in total. The highest BCUT2D eigenvalue weighted by Gasteiger charge is 2.15. The standard InChI is InChI=1S/C16H17BrFNO2/c1-20-15-8-12(13(17)9-16(15)21-2)14(19)7-10-4-3-5-11(18)6-10/h3-6,8-9,14H,7,19H2,1-2H3. The summed E-state index contributed by atoms with van der Waals surface area (Å²) in [7, 11) is 3.16. The van der Waals surface area contributed by atoms with E-state index in [4.69, 9.17) is 15.2 Å². The van der Waals surface area contributed by atoms with E-state index in [1.807, 2.05) is 18.2 Å². The number of methoxy groups -OCH3 is 2. The molecule has 21 heavy (non-hydrogen) atoms. The summed E-state index contributed by atoms with van der Waals surface area (Å²) in [5.74, 6) is 0.988. The van der Waals surface area contributed by atoms with Crippen LogP contribution in [0.15, 0.2) is 40.9 Å². The normalized spacial score (nSPS) is 12.0. The highest BCUT2D eigenvalue weighted by atomic mass is 79.9. The Bertz CT molecular complexity index is 634. The van der Waals surface area contributed by atoms with Crippen LogP contribution in [0.4, 0.5) is 4.39 Å². The van der Waals surface area contributed by atoms with Crippen molar-refractivity contribution >= 4 is 15.9 Å². The maximum absolute atomic E-state index is 13.2. The predicted octanol–water partition coefficient (Wildman–Crippen LogP) is 3.85. The Kier molecular flexibility index (Phi) is 5.20. The SMILES string of the molecule is COc1cc(Br)c(C(N)Cc2cccc(F)c2)cc1OC. The summed E-state index contributed by atoms with van der Waals surface area (Å²) in [6.07, 6.45) is 0.534. The van der Waals surface area contributed by atoms with Crippen molar-refractivity contribution in [1.29, 1.82) is 0 Å². The van der Waals surface area contributed by atoms with E-state index in [-0.39, 0.29) is 11.9 Å². The molecule has 2 rings (SSSR count).